The first-order chi connectivity index (χ1) is 10.1. The van der Waals surface area contributed by atoms with E-state index in [2.05, 4.69) is 11.0 Å². The van der Waals surface area contributed by atoms with Crippen LogP contribution in [0.2, 0.25) is 0 Å². The predicted molar refractivity (Wildman–Crippen MR) is 82.5 cm³/mol. The van der Waals surface area contributed by atoms with Gasteiger partial charge in [-0.05, 0) is 38.8 Å². The van der Waals surface area contributed by atoms with Crippen molar-refractivity contribution in [2.24, 2.45) is 5.41 Å². The molecule has 0 radical (unpaired) electrons. The second-order valence-electron chi connectivity index (χ2n) is 5.79. The van der Waals surface area contributed by atoms with Gasteiger partial charge < -0.3 is 9.84 Å². The molecule has 2 rings (SSSR count). The molecule has 4 heteroatoms. The zero-order chi connectivity index (χ0) is 15.3. The number of carboxylic acid groups (broad SMARTS) is 1. The number of hydrogen-bond donors (Lipinski definition) is 1. The Kier molecular flexibility index (Phi) is 5.23. The van der Waals surface area contributed by atoms with Gasteiger partial charge in [-0.3, -0.25) is 9.69 Å². The summed E-state index contributed by atoms with van der Waals surface area (Å²) in [5.74, 6) is 0.246. The Morgan fingerprint density at radius 3 is 2.81 bits per heavy atom. The number of carbonyl (C=O) groups is 1. The quantitative estimate of drug-likeness (QED) is 0.874. The van der Waals surface area contributed by atoms with Gasteiger partial charge in [0.1, 0.15) is 5.75 Å². The van der Waals surface area contributed by atoms with Gasteiger partial charge in [0, 0.05) is 18.7 Å². The number of hydrogen-bond acceptors (Lipinski definition) is 3. The summed E-state index contributed by atoms with van der Waals surface area (Å²) in [6, 6.07) is 8.02. The van der Waals surface area contributed by atoms with E-state index in [1.165, 1.54) is 0 Å². The second-order valence-corrected chi connectivity index (χ2v) is 5.79. The highest BCUT2D eigenvalue weighted by molar-refractivity contribution is 5.75. The van der Waals surface area contributed by atoms with E-state index < -0.39 is 11.4 Å². The van der Waals surface area contributed by atoms with Gasteiger partial charge in [-0.1, -0.05) is 25.1 Å². The van der Waals surface area contributed by atoms with Crippen LogP contribution >= 0.6 is 0 Å². The summed E-state index contributed by atoms with van der Waals surface area (Å²) >= 11 is 0. The molecule has 0 amide bonds. The topological polar surface area (TPSA) is 49.8 Å². The second kappa shape index (κ2) is 6.94. The van der Waals surface area contributed by atoms with Crippen LogP contribution in [0, 0.1) is 5.41 Å². The lowest BCUT2D eigenvalue weighted by atomic mass is 9.77. The number of piperidine rings is 1. The van der Waals surface area contributed by atoms with Crippen molar-refractivity contribution < 1.29 is 14.6 Å². The van der Waals surface area contributed by atoms with Crippen molar-refractivity contribution in [2.75, 3.05) is 19.7 Å². The molecular formula is C17H25NO3. The summed E-state index contributed by atoms with van der Waals surface area (Å²) in [6.07, 6.45) is 2.41. The fraction of sp³-hybridized carbons (Fsp3) is 0.588. The maximum absolute atomic E-state index is 11.6. The molecule has 0 aliphatic carbocycles. The maximum atomic E-state index is 11.6. The highest BCUT2D eigenvalue weighted by atomic mass is 16.5. The van der Waals surface area contributed by atoms with E-state index in [9.17, 15) is 9.90 Å². The largest absolute Gasteiger partial charge is 0.494 e. The molecule has 4 nitrogen and oxygen atoms in total. The van der Waals surface area contributed by atoms with Crippen molar-refractivity contribution in [1.29, 1.82) is 0 Å². The van der Waals surface area contributed by atoms with E-state index in [0.717, 1.165) is 37.2 Å². The summed E-state index contributed by atoms with van der Waals surface area (Å²) in [6.45, 7) is 6.93. The Bertz CT molecular complexity index is 489. The van der Waals surface area contributed by atoms with Crippen LogP contribution in [-0.2, 0) is 11.3 Å². The SMILES string of the molecule is CCOc1ccccc1CN1CCCC(CC)(C(=O)O)C1. The number of para-hydroxylation sites is 1. The van der Waals surface area contributed by atoms with Crippen LogP contribution in [-0.4, -0.2) is 35.7 Å². The standard InChI is InChI=1S/C17H25NO3/c1-3-17(16(19)20)10-7-11-18(13-17)12-14-8-5-6-9-15(14)21-4-2/h5-6,8-9H,3-4,7,10-13H2,1-2H3,(H,19,20). The third-order valence-electron chi connectivity index (χ3n) is 4.45. The van der Waals surface area contributed by atoms with E-state index in [-0.39, 0.29) is 0 Å². The lowest BCUT2D eigenvalue weighted by Crippen LogP contribution is -2.47. The monoisotopic (exact) mass is 291 g/mol. The van der Waals surface area contributed by atoms with Crippen molar-refractivity contribution >= 4 is 5.97 Å². The van der Waals surface area contributed by atoms with E-state index >= 15 is 0 Å². The van der Waals surface area contributed by atoms with Crippen LogP contribution < -0.4 is 4.74 Å². The summed E-state index contributed by atoms with van der Waals surface area (Å²) < 4.78 is 5.66. The first kappa shape index (κ1) is 15.8. The molecule has 1 aliphatic rings. The van der Waals surface area contributed by atoms with Gasteiger partial charge in [-0.15, -0.1) is 0 Å². The van der Waals surface area contributed by atoms with Crippen molar-refractivity contribution in [1.82, 2.24) is 4.90 Å². The van der Waals surface area contributed by atoms with E-state index in [0.29, 0.717) is 19.6 Å². The predicted octanol–water partition coefficient (Wildman–Crippen LogP) is 3.16. The first-order valence-electron chi connectivity index (χ1n) is 7.77. The molecular weight excluding hydrogens is 266 g/mol. The number of likely N-dealkylation sites (tertiary alicyclic amines) is 1. The Morgan fingerprint density at radius 1 is 1.38 bits per heavy atom. The van der Waals surface area contributed by atoms with Crippen LogP contribution in [0.5, 0.6) is 5.75 Å². The Balaban J connectivity index is 2.11. The molecule has 0 saturated carbocycles. The Hall–Kier alpha value is -1.55. The van der Waals surface area contributed by atoms with Crippen molar-refractivity contribution in [3.05, 3.63) is 29.8 Å². The number of nitrogens with zero attached hydrogens (tertiary/aromatic N) is 1. The lowest BCUT2D eigenvalue weighted by Gasteiger charge is -2.39. The average Bonchev–Trinajstić information content (AvgIpc) is 2.49. The molecule has 1 N–H and O–H groups in total. The van der Waals surface area contributed by atoms with E-state index in [1.807, 2.05) is 32.0 Å². The number of carboxylic acids is 1. The molecule has 1 unspecified atom stereocenters. The molecule has 1 aromatic carbocycles. The molecule has 0 spiro atoms. The number of benzene rings is 1. The fourth-order valence-corrected chi connectivity index (χ4v) is 3.15. The Labute approximate surface area is 126 Å². The molecule has 116 valence electrons. The minimum Gasteiger partial charge on any atom is -0.494 e. The third kappa shape index (κ3) is 3.56. The molecule has 0 aromatic heterocycles. The van der Waals surface area contributed by atoms with E-state index in [4.69, 9.17) is 4.74 Å². The van der Waals surface area contributed by atoms with Crippen molar-refractivity contribution in [3.63, 3.8) is 0 Å². The van der Waals surface area contributed by atoms with Gasteiger partial charge in [-0.2, -0.15) is 0 Å². The molecule has 1 atom stereocenters. The maximum Gasteiger partial charge on any atom is 0.310 e. The summed E-state index contributed by atoms with van der Waals surface area (Å²) in [5.41, 5.74) is 0.551. The van der Waals surface area contributed by atoms with Crippen molar-refractivity contribution in [2.45, 2.75) is 39.7 Å². The van der Waals surface area contributed by atoms with Gasteiger partial charge in [0.15, 0.2) is 0 Å². The van der Waals surface area contributed by atoms with Crippen LogP contribution in [0.25, 0.3) is 0 Å². The van der Waals surface area contributed by atoms with Crippen LogP contribution in [0.3, 0.4) is 0 Å². The van der Waals surface area contributed by atoms with Gasteiger partial charge in [0.05, 0.1) is 12.0 Å². The highest BCUT2D eigenvalue weighted by Crippen LogP contribution is 2.34. The van der Waals surface area contributed by atoms with E-state index in [1.54, 1.807) is 0 Å². The number of ether oxygens (including phenoxy) is 1. The zero-order valence-electron chi connectivity index (χ0n) is 13.0. The molecule has 1 fully saturated rings. The first-order valence-corrected chi connectivity index (χ1v) is 7.77. The van der Waals surface area contributed by atoms with Crippen molar-refractivity contribution in [3.8, 4) is 5.75 Å². The number of rotatable bonds is 6. The minimum absolute atomic E-state index is 0.585. The van der Waals surface area contributed by atoms with Crippen LogP contribution in [0.4, 0.5) is 0 Å². The van der Waals surface area contributed by atoms with Gasteiger partial charge in [0.2, 0.25) is 0 Å². The van der Waals surface area contributed by atoms with Crippen LogP contribution in [0.15, 0.2) is 24.3 Å². The van der Waals surface area contributed by atoms with Gasteiger partial charge in [0.25, 0.3) is 0 Å². The average molecular weight is 291 g/mol. The molecule has 1 saturated heterocycles. The summed E-state index contributed by atoms with van der Waals surface area (Å²) in [5, 5.41) is 9.56. The van der Waals surface area contributed by atoms with Gasteiger partial charge >= 0.3 is 5.97 Å². The summed E-state index contributed by atoms with van der Waals surface area (Å²) in [7, 11) is 0. The molecule has 1 aliphatic heterocycles. The van der Waals surface area contributed by atoms with Crippen LogP contribution in [0.1, 0.15) is 38.7 Å². The fourth-order valence-electron chi connectivity index (χ4n) is 3.15. The molecule has 1 heterocycles. The lowest BCUT2D eigenvalue weighted by molar-refractivity contribution is -0.153. The molecule has 21 heavy (non-hydrogen) atoms. The third-order valence-corrected chi connectivity index (χ3v) is 4.45. The summed E-state index contributed by atoms with van der Waals surface area (Å²) in [4.78, 5) is 13.9. The normalized spacial score (nSPS) is 23.0. The van der Waals surface area contributed by atoms with Gasteiger partial charge in [-0.25, -0.2) is 0 Å². The smallest absolute Gasteiger partial charge is 0.310 e. The zero-order valence-corrected chi connectivity index (χ0v) is 13.0. The minimum atomic E-state index is -0.659. The molecule has 1 aromatic rings. The number of aliphatic carboxylic acids is 1. The highest BCUT2D eigenvalue weighted by Gasteiger charge is 2.40. The molecule has 0 bridgehead atoms. The Morgan fingerprint density at radius 2 is 2.14 bits per heavy atom.